The Hall–Kier alpha value is -2.98. The number of fused-ring (bicyclic) bond motifs is 4. The highest BCUT2D eigenvalue weighted by Gasteiger charge is 2.84. The van der Waals surface area contributed by atoms with Gasteiger partial charge in [-0.1, -0.05) is 36.4 Å². The molecule has 1 saturated carbocycles. The van der Waals surface area contributed by atoms with Gasteiger partial charge < -0.3 is 0 Å². The molecule has 2 aromatic rings. The van der Waals surface area contributed by atoms with E-state index in [1.54, 1.807) is 50.2 Å². The minimum absolute atomic E-state index is 0.286. The van der Waals surface area contributed by atoms with Crippen molar-refractivity contribution in [2.24, 2.45) is 0 Å². The Labute approximate surface area is 227 Å². The van der Waals surface area contributed by atoms with E-state index in [9.17, 15) is 18.4 Å². The van der Waals surface area contributed by atoms with Crippen molar-refractivity contribution in [3.8, 4) is 0 Å². The topological polar surface area (TPSA) is 34.1 Å². The lowest BCUT2D eigenvalue weighted by Crippen LogP contribution is -2.48. The van der Waals surface area contributed by atoms with Crippen LogP contribution in [0.2, 0.25) is 0 Å². The molecule has 0 aromatic heterocycles. The number of alkyl halides is 6. The summed E-state index contributed by atoms with van der Waals surface area (Å²) >= 11 is 2.24. The SMILES string of the molecule is C[C@@]12SC(c3cccc(C=O)c3)=CC1=C1C(=C3C=C(c4cccc(C=O)c4)S[C@]32C)C(F)(F)C(F)(F)C1(F)F. The highest BCUT2D eigenvalue weighted by atomic mass is 32.2. The average Bonchev–Trinajstić information content (AvgIpc) is 3.48. The molecule has 2 atom stereocenters. The number of hydrogen-bond acceptors (Lipinski definition) is 4. The van der Waals surface area contributed by atoms with Gasteiger partial charge in [0.05, 0.1) is 9.49 Å². The van der Waals surface area contributed by atoms with E-state index in [1.165, 1.54) is 24.3 Å². The van der Waals surface area contributed by atoms with E-state index in [2.05, 4.69) is 0 Å². The Kier molecular flexibility index (Phi) is 5.41. The van der Waals surface area contributed by atoms with Crippen LogP contribution in [-0.4, -0.2) is 39.8 Å². The third-order valence-corrected chi connectivity index (χ3v) is 11.3. The Balaban J connectivity index is 1.64. The maximum absolute atomic E-state index is 15.4. The van der Waals surface area contributed by atoms with E-state index < -0.39 is 38.4 Å². The van der Waals surface area contributed by atoms with Gasteiger partial charge in [0.2, 0.25) is 0 Å². The Morgan fingerprint density at radius 3 is 1.38 bits per heavy atom. The van der Waals surface area contributed by atoms with E-state index >= 15 is 17.6 Å². The first-order valence-corrected chi connectivity index (χ1v) is 13.4. The summed E-state index contributed by atoms with van der Waals surface area (Å²) in [7, 11) is 0. The number of rotatable bonds is 4. The Morgan fingerprint density at radius 1 is 0.641 bits per heavy atom. The van der Waals surface area contributed by atoms with E-state index in [4.69, 9.17) is 0 Å². The van der Waals surface area contributed by atoms with Gasteiger partial charge in [-0.25, -0.2) is 0 Å². The van der Waals surface area contributed by atoms with Gasteiger partial charge >= 0.3 is 17.8 Å². The highest BCUT2D eigenvalue weighted by molar-refractivity contribution is 8.14. The van der Waals surface area contributed by atoms with E-state index in [-0.39, 0.29) is 11.1 Å². The van der Waals surface area contributed by atoms with Crippen LogP contribution in [-0.2, 0) is 0 Å². The molecule has 0 bridgehead atoms. The fourth-order valence-corrected chi connectivity index (χ4v) is 8.85. The van der Waals surface area contributed by atoms with Gasteiger partial charge in [0.1, 0.15) is 12.6 Å². The zero-order chi connectivity index (χ0) is 28.2. The summed E-state index contributed by atoms with van der Waals surface area (Å²) in [5, 5.41) is 0. The van der Waals surface area contributed by atoms with Gasteiger partial charge in [0.25, 0.3) is 0 Å². The monoisotopic (exact) mass is 576 g/mol. The van der Waals surface area contributed by atoms with E-state index in [1.807, 2.05) is 0 Å². The molecule has 200 valence electrons. The van der Waals surface area contributed by atoms with Crippen LogP contribution in [0, 0.1) is 0 Å². The van der Waals surface area contributed by atoms with Crippen LogP contribution in [0.15, 0.2) is 83.0 Å². The number of carbonyl (C=O) groups is 2. The fraction of sp³-hybridized carbons (Fsp3) is 0.241. The number of hydrogen-bond donors (Lipinski definition) is 0. The fourth-order valence-electron chi connectivity index (χ4n) is 5.72. The van der Waals surface area contributed by atoms with Crippen molar-refractivity contribution in [1.82, 2.24) is 0 Å². The van der Waals surface area contributed by atoms with Gasteiger partial charge in [0.15, 0.2) is 0 Å². The minimum atomic E-state index is -5.64. The molecular formula is C29H18F6O2S2. The van der Waals surface area contributed by atoms with Gasteiger partial charge in [-0.3, -0.25) is 9.59 Å². The van der Waals surface area contributed by atoms with Crippen molar-refractivity contribution in [2.45, 2.75) is 41.1 Å². The second-order valence-electron chi connectivity index (χ2n) is 10.1. The molecule has 0 radical (unpaired) electrons. The molecule has 1 fully saturated rings. The molecule has 2 aliphatic heterocycles. The third kappa shape index (κ3) is 3.15. The third-order valence-electron chi connectivity index (χ3n) is 7.94. The van der Waals surface area contributed by atoms with Gasteiger partial charge in [0, 0.05) is 32.1 Å². The molecule has 0 unspecified atom stereocenters. The molecule has 2 aromatic carbocycles. The van der Waals surface area contributed by atoms with Crippen LogP contribution in [0.3, 0.4) is 0 Å². The summed E-state index contributed by atoms with van der Waals surface area (Å²) in [6, 6.07) is 12.6. The molecule has 2 nitrogen and oxygen atoms in total. The summed E-state index contributed by atoms with van der Waals surface area (Å²) in [6.07, 6.45) is 3.79. The van der Waals surface area contributed by atoms with Crippen LogP contribution < -0.4 is 0 Å². The van der Waals surface area contributed by atoms with E-state index in [0.717, 1.165) is 23.5 Å². The van der Waals surface area contributed by atoms with Crippen LogP contribution in [0.4, 0.5) is 26.3 Å². The molecule has 2 heterocycles. The lowest BCUT2D eigenvalue weighted by atomic mass is 9.71. The summed E-state index contributed by atoms with van der Waals surface area (Å²) in [6.45, 7) is 3.19. The van der Waals surface area contributed by atoms with Crippen LogP contribution in [0.1, 0.15) is 45.7 Å². The molecule has 0 spiro atoms. The average molecular weight is 577 g/mol. The van der Waals surface area contributed by atoms with Crippen molar-refractivity contribution < 1.29 is 35.9 Å². The second-order valence-corrected chi connectivity index (χ2v) is 13.0. The van der Waals surface area contributed by atoms with E-state index in [0.29, 0.717) is 44.6 Å². The molecule has 0 N–H and O–H groups in total. The maximum Gasteiger partial charge on any atom is 0.380 e. The molecular weight excluding hydrogens is 558 g/mol. The standard InChI is InChI=1S/C29H18F6O2S2/c1-25-19(11-21(38-25)17-7-3-5-15(9-17)13-36)23-24(28(32,33)29(34,35)27(23,30)31)20-12-22(39-26(20,25)2)18-8-4-6-16(10-18)14-37/h3-14H,1-2H3/t25-,26-/m1/s1. The molecule has 6 rings (SSSR count). The smallest absolute Gasteiger partial charge is 0.298 e. The molecule has 0 saturated heterocycles. The van der Waals surface area contributed by atoms with Crippen molar-refractivity contribution >= 4 is 45.9 Å². The first-order valence-electron chi connectivity index (χ1n) is 11.8. The number of halogens is 6. The lowest BCUT2D eigenvalue weighted by Gasteiger charge is -2.47. The zero-order valence-corrected chi connectivity index (χ0v) is 22.0. The molecule has 4 aliphatic rings. The van der Waals surface area contributed by atoms with Gasteiger partial charge in [-0.15, -0.1) is 23.5 Å². The number of aldehydes is 2. The quantitative estimate of drug-likeness (QED) is 0.271. The number of allylic oxidation sites excluding steroid dienone is 4. The zero-order valence-electron chi connectivity index (χ0n) is 20.3. The molecule has 39 heavy (non-hydrogen) atoms. The molecule has 0 amide bonds. The minimum Gasteiger partial charge on any atom is -0.298 e. The van der Waals surface area contributed by atoms with Crippen LogP contribution in [0.25, 0.3) is 9.81 Å². The largest absolute Gasteiger partial charge is 0.380 e. The Morgan fingerprint density at radius 2 is 1.03 bits per heavy atom. The summed E-state index contributed by atoms with van der Waals surface area (Å²) in [4.78, 5) is 23.5. The van der Waals surface area contributed by atoms with Gasteiger partial charge in [-0.05, 0) is 60.4 Å². The summed E-state index contributed by atoms with van der Waals surface area (Å²) in [5.74, 6) is -15.9. The first-order chi connectivity index (χ1) is 18.2. The summed E-state index contributed by atoms with van der Waals surface area (Å²) < 4.78 is 88.8. The molecule has 2 aliphatic carbocycles. The second kappa shape index (κ2) is 8.04. The normalized spacial score (nSPS) is 29.4. The predicted molar refractivity (Wildman–Crippen MR) is 140 cm³/mol. The van der Waals surface area contributed by atoms with Crippen LogP contribution in [0.5, 0.6) is 0 Å². The van der Waals surface area contributed by atoms with Crippen molar-refractivity contribution in [3.05, 3.63) is 105 Å². The highest BCUT2D eigenvalue weighted by Crippen LogP contribution is 2.75. The van der Waals surface area contributed by atoms with Crippen LogP contribution >= 0.6 is 23.5 Å². The lowest BCUT2D eigenvalue weighted by molar-refractivity contribution is -0.258. The first kappa shape index (κ1) is 26.3. The maximum atomic E-state index is 15.4. The summed E-state index contributed by atoms with van der Waals surface area (Å²) in [5.41, 5.74) is -1.67. The molecule has 10 heteroatoms. The van der Waals surface area contributed by atoms with Gasteiger partial charge in [-0.2, -0.15) is 26.3 Å². The number of benzene rings is 2. The number of carbonyl (C=O) groups excluding carboxylic acids is 2. The van der Waals surface area contributed by atoms with Crippen molar-refractivity contribution in [3.63, 3.8) is 0 Å². The van der Waals surface area contributed by atoms with Crippen molar-refractivity contribution in [2.75, 3.05) is 0 Å². The Bertz CT molecular complexity index is 1500. The predicted octanol–water partition coefficient (Wildman–Crippen LogP) is 8.23. The van der Waals surface area contributed by atoms with Crippen molar-refractivity contribution in [1.29, 1.82) is 0 Å². The number of thioether (sulfide) groups is 2.